The molecule has 0 heterocycles. The molecule has 6 heavy (non-hydrogen) atoms. The van der Waals surface area contributed by atoms with Crippen LogP contribution in [0.2, 0.25) is 0 Å². The van der Waals surface area contributed by atoms with Gasteiger partial charge >= 0.3 is 27.3 Å². The molecule has 38 valence electrons. The molecule has 0 bridgehead atoms. The second-order valence-electron chi connectivity index (χ2n) is 1.000. The van der Waals surface area contributed by atoms with Crippen LogP contribution in [-0.2, 0) is 0 Å². The van der Waals surface area contributed by atoms with Crippen molar-refractivity contribution in [1.29, 1.82) is 0 Å². The molecule has 0 nitrogen and oxygen atoms in total. The van der Waals surface area contributed by atoms with Crippen molar-refractivity contribution in [2.75, 3.05) is 0 Å². The Balaban J connectivity index is -0.0000000450. The second kappa shape index (κ2) is 16.1. The van der Waals surface area contributed by atoms with Gasteiger partial charge in [-0.1, -0.05) is 26.7 Å². The van der Waals surface area contributed by atoms with E-state index in [2.05, 4.69) is 13.8 Å². The normalized spacial score (nSPS) is 5.00. The second-order valence-corrected chi connectivity index (χ2v) is 1.000. The van der Waals surface area contributed by atoms with Crippen molar-refractivity contribution < 1.29 is 0 Å². The van der Waals surface area contributed by atoms with E-state index in [4.69, 9.17) is 0 Å². The van der Waals surface area contributed by atoms with E-state index in [-0.39, 0.29) is 44.7 Å². The van der Waals surface area contributed by atoms with Crippen molar-refractivity contribution in [2.24, 2.45) is 0 Å². The number of unbranched alkanes of at least 4 members (excludes halogenated alkanes) is 1. The molecule has 0 saturated carbocycles. The Morgan fingerprint density at radius 3 is 1.17 bits per heavy atom. The van der Waals surface area contributed by atoms with Gasteiger partial charge in [0.15, 0.2) is 17.4 Å². The van der Waals surface area contributed by atoms with Gasteiger partial charge in [-0.05, 0) is 0 Å². The van der Waals surface area contributed by atoms with Crippen molar-refractivity contribution in [1.82, 2.24) is 0 Å². The fraction of sp³-hybridized carbons (Fsp3) is 1.00. The fourth-order valence-corrected chi connectivity index (χ4v) is 0. The van der Waals surface area contributed by atoms with Gasteiger partial charge in [-0.3, -0.25) is 0 Å². The Labute approximate surface area is 71.0 Å². The summed E-state index contributed by atoms with van der Waals surface area (Å²) in [5.74, 6) is 0. The van der Waals surface area contributed by atoms with E-state index in [0.29, 0.717) is 0 Å². The summed E-state index contributed by atoms with van der Waals surface area (Å²) in [4.78, 5) is 0. The summed E-state index contributed by atoms with van der Waals surface area (Å²) in [6, 6.07) is 0. The minimum atomic E-state index is 0. The van der Waals surface area contributed by atoms with Gasteiger partial charge in [-0.15, -0.1) is 0 Å². The van der Waals surface area contributed by atoms with Crippen molar-refractivity contribution in [2.45, 2.75) is 26.7 Å². The van der Waals surface area contributed by atoms with Crippen LogP contribution in [0.4, 0.5) is 0 Å². The fourth-order valence-electron chi connectivity index (χ4n) is 0. The van der Waals surface area contributed by atoms with Gasteiger partial charge in [-0.2, -0.15) is 0 Å². The summed E-state index contributed by atoms with van der Waals surface area (Å²) in [7, 11) is 0. The third-order valence-corrected chi connectivity index (χ3v) is 0.500. The first-order valence-electron chi connectivity index (χ1n) is 1.91. The molecule has 0 amide bonds. The molecule has 0 saturated heterocycles. The van der Waals surface area contributed by atoms with Gasteiger partial charge in [-0.25, -0.2) is 0 Å². The molecule has 0 N–H and O–H groups in total. The molecule has 0 aromatic rings. The van der Waals surface area contributed by atoms with Crippen LogP contribution in [-0.4, -0.2) is 44.7 Å². The van der Waals surface area contributed by atoms with E-state index in [9.17, 15) is 0 Å². The van der Waals surface area contributed by atoms with Crippen LogP contribution in [0.15, 0.2) is 0 Å². The third kappa shape index (κ3) is 18.0. The van der Waals surface area contributed by atoms with Crippen molar-refractivity contribution in [3.63, 3.8) is 0 Å². The molecule has 0 unspecified atom stereocenters. The predicted molar refractivity (Wildman–Crippen MR) is 39.1 cm³/mol. The molecule has 0 aliphatic heterocycles. The zero-order valence-corrected chi connectivity index (χ0v) is 9.62. The van der Waals surface area contributed by atoms with Gasteiger partial charge in [0.1, 0.15) is 0 Å². The molecule has 2 radical (unpaired) electrons. The molecule has 0 aliphatic rings. The third-order valence-electron chi connectivity index (χ3n) is 0.500. The Morgan fingerprint density at radius 2 is 1.17 bits per heavy atom. The maximum atomic E-state index is 2.18. The molecule has 2 heteroatoms. The number of rotatable bonds is 1. The SMILES string of the molecule is CCCC.[AlH3].[PbH2]. The van der Waals surface area contributed by atoms with E-state index >= 15 is 0 Å². The van der Waals surface area contributed by atoms with Gasteiger partial charge in [0, 0.05) is 0 Å². The maximum absolute atomic E-state index is 2.18. The zero-order chi connectivity index (χ0) is 3.41. The molecule has 0 aromatic carbocycles. The van der Waals surface area contributed by atoms with Crippen LogP contribution in [0.5, 0.6) is 0 Å². The first-order valence-corrected chi connectivity index (χ1v) is 1.91. The van der Waals surface area contributed by atoms with Crippen molar-refractivity contribution >= 4 is 44.7 Å². The standard InChI is InChI=1S/C4H10.Al.Pb.5H/c1-3-4-2;;;;;;;/h3-4H2,1-2H3;;;;;;;. The molecular weight excluding hydrogens is 282 g/mol. The Hall–Kier alpha value is 1.45. The molecule has 0 spiro atoms. The Bertz CT molecular complexity index is 9.51. The monoisotopic (exact) mass is 298 g/mol. The van der Waals surface area contributed by atoms with E-state index in [0.717, 1.165) is 0 Å². The summed E-state index contributed by atoms with van der Waals surface area (Å²) in [6.45, 7) is 4.36. The van der Waals surface area contributed by atoms with E-state index < -0.39 is 0 Å². The minimum absolute atomic E-state index is 0. The van der Waals surface area contributed by atoms with Crippen LogP contribution in [0, 0.1) is 0 Å². The van der Waals surface area contributed by atoms with Crippen LogP contribution in [0.1, 0.15) is 26.7 Å². The topological polar surface area (TPSA) is 0 Å². The van der Waals surface area contributed by atoms with Gasteiger partial charge in [0.25, 0.3) is 0 Å². The summed E-state index contributed by atoms with van der Waals surface area (Å²) in [6.07, 6.45) is 2.64. The van der Waals surface area contributed by atoms with Crippen LogP contribution in [0.25, 0.3) is 0 Å². The average Bonchev–Trinajstić information content (AvgIpc) is 1.37. The van der Waals surface area contributed by atoms with Gasteiger partial charge < -0.3 is 0 Å². The van der Waals surface area contributed by atoms with E-state index in [1.807, 2.05) is 0 Å². The van der Waals surface area contributed by atoms with Crippen LogP contribution >= 0.6 is 0 Å². The Kier molecular flexibility index (Phi) is 42.0. The van der Waals surface area contributed by atoms with Crippen molar-refractivity contribution in [3.8, 4) is 0 Å². The first-order chi connectivity index (χ1) is 1.91. The van der Waals surface area contributed by atoms with Crippen LogP contribution < -0.4 is 0 Å². The van der Waals surface area contributed by atoms with Crippen LogP contribution in [0.3, 0.4) is 0 Å². The summed E-state index contributed by atoms with van der Waals surface area (Å²) in [5, 5.41) is 0. The predicted octanol–water partition coefficient (Wildman–Crippen LogP) is -0.294. The molecule has 0 aliphatic carbocycles. The number of hydrogen-bond donors (Lipinski definition) is 0. The van der Waals surface area contributed by atoms with Gasteiger partial charge in [0.2, 0.25) is 0 Å². The summed E-state index contributed by atoms with van der Waals surface area (Å²) in [5.41, 5.74) is 0. The quantitative estimate of drug-likeness (QED) is 0.583. The zero-order valence-electron chi connectivity index (χ0n) is 4.12. The molecule has 0 aromatic heterocycles. The molecular formula is C4H15AlPb. The Morgan fingerprint density at radius 1 is 1.00 bits per heavy atom. The number of hydrogen-bond acceptors (Lipinski definition) is 0. The first kappa shape index (κ1) is 15.7. The summed E-state index contributed by atoms with van der Waals surface area (Å²) >= 11 is 0. The molecule has 0 rings (SSSR count). The average molecular weight is 297 g/mol. The van der Waals surface area contributed by atoms with Gasteiger partial charge in [0.05, 0.1) is 0 Å². The summed E-state index contributed by atoms with van der Waals surface area (Å²) < 4.78 is 0. The van der Waals surface area contributed by atoms with E-state index in [1.165, 1.54) is 12.8 Å². The molecule has 0 fully saturated rings. The van der Waals surface area contributed by atoms with E-state index in [1.54, 1.807) is 0 Å². The van der Waals surface area contributed by atoms with Crippen molar-refractivity contribution in [3.05, 3.63) is 0 Å². The molecule has 0 atom stereocenters.